The molecule has 1 fully saturated rings. The molecule has 0 aliphatic carbocycles. The number of halogens is 1. The number of pyridine rings is 1. The van der Waals surface area contributed by atoms with Crippen molar-refractivity contribution < 1.29 is 4.39 Å². The molecule has 1 saturated heterocycles. The van der Waals surface area contributed by atoms with Crippen molar-refractivity contribution in [3.63, 3.8) is 0 Å². The van der Waals surface area contributed by atoms with Crippen LogP contribution in [0.4, 0.5) is 10.1 Å². The van der Waals surface area contributed by atoms with Gasteiger partial charge in [-0.1, -0.05) is 0 Å². The van der Waals surface area contributed by atoms with E-state index in [-0.39, 0.29) is 11.4 Å². The molecule has 30 heavy (non-hydrogen) atoms. The molecule has 4 heterocycles. The Morgan fingerprint density at radius 2 is 1.80 bits per heavy atom. The van der Waals surface area contributed by atoms with Gasteiger partial charge in [0.1, 0.15) is 17.3 Å². The molecule has 0 atom stereocenters. The van der Waals surface area contributed by atoms with Crippen LogP contribution >= 0.6 is 0 Å². The average molecular weight is 406 g/mol. The largest absolute Gasteiger partial charge is 0.367 e. The Bertz CT molecular complexity index is 1330. The highest BCUT2D eigenvalue weighted by molar-refractivity contribution is 5.83. The third-order valence-corrected chi connectivity index (χ3v) is 5.75. The lowest BCUT2D eigenvalue weighted by molar-refractivity contribution is 0.312. The molecule has 1 aromatic carbocycles. The van der Waals surface area contributed by atoms with E-state index < -0.39 is 0 Å². The minimum atomic E-state index is -0.354. The fraction of sp³-hybridized carbons (Fsp3) is 0.318. The zero-order valence-corrected chi connectivity index (χ0v) is 17.2. The molecular weight excluding hydrogens is 383 g/mol. The van der Waals surface area contributed by atoms with Gasteiger partial charge in [-0.25, -0.2) is 14.4 Å². The second kappa shape index (κ2) is 6.91. The van der Waals surface area contributed by atoms with Gasteiger partial charge < -0.3 is 19.2 Å². The van der Waals surface area contributed by atoms with Crippen LogP contribution in [0.5, 0.6) is 0 Å². The average Bonchev–Trinajstić information content (AvgIpc) is 3.09. The minimum Gasteiger partial charge on any atom is -0.367 e. The first kappa shape index (κ1) is 18.7. The molecule has 4 aromatic rings. The number of nitrogens with zero attached hydrogens (tertiary/aromatic N) is 5. The Hall–Kier alpha value is -3.26. The molecule has 0 spiro atoms. The van der Waals surface area contributed by atoms with Crippen molar-refractivity contribution in [3.8, 4) is 11.4 Å². The summed E-state index contributed by atoms with van der Waals surface area (Å²) in [6, 6.07) is 4.93. The molecule has 0 bridgehead atoms. The number of fused-ring (bicyclic) bond motifs is 2. The van der Waals surface area contributed by atoms with Crippen LogP contribution in [0.25, 0.3) is 27.9 Å². The predicted molar refractivity (Wildman–Crippen MR) is 116 cm³/mol. The van der Waals surface area contributed by atoms with Crippen molar-refractivity contribution in [1.29, 1.82) is 0 Å². The molecule has 0 unspecified atom stereocenters. The van der Waals surface area contributed by atoms with Crippen LogP contribution in [-0.2, 0) is 0 Å². The van der Waals surface area contributed by atoms with Crippen molar-refractivity contribution in [2.24, 2.45) is 0 Å². The Morgan fingerprint density at radius 3 is 2.57 bits per heavy atom. The summed E-state index contributed by atoms with van der Waals surface area (Å²) >= 11 is 0. The summed E-state index contributed by atoms with van der Waals surface area (Å²) in [7, 11) is 2.05. The van der Waals surface area contributed by atoms with E-state index in [2.05, 4.69) is 26.9 Å². The summed E-state index contributed by atoms with van der Waals surface area (Å²) in [5.41, 5.74) is 4.03. The maximum Gasteiger partial charge on any atom is 0.259 e. The zero-order valence-electron chi connectivity index (χ0n) is 17.2. The smallest absolute Gasteiger partial charge is 0.259 e. The monoisotopic (exact) mass is 406 g/mol. The second-order valence-electron chi connectivity index (χ2n) is 8.05. The van der Waals surface area contributed by atoms with E-state index >= 15 is 0 Å². The van der Waals surface area contributed by atoms with E-state index in [9.17, 15) is 9.18 Å². The first-order valence-corrected chi connectivity index (χ1v) is 10.0. The number of H-pyrrole nitrogens is 1. The van der Waals surface area contributed by atoms with Crippen molar-refractivity contribution in [1.82, 2.24) is 24.3 Å². The maximum atomic E-state index is 14.9. The summed E-state index contributed by atoms with van der Waals surface area (Å²) in [4.78, 5) is 29.0. The van der Waals surface area contributed by atoms with E-state index in [0.29, 0.717) is 22.4 Å². The predicted octanol–water partition coefficient (Wildman–Crippen LogP) is 2.75. The Morgan fingerprint density at radius 1 is 1.03 bits per heavy atom. The molecule has 1 aliphatic heterocycles. The van der Waals surface area contributed by atoms with Gasteiger partial charge in [0.05, 0.1) is 22.3 Å². The van der Waals surface area contributed by atoms with Gasteiger partial charge in [-0.2, -0.15) is 0 Å². The Kier molecular flexibility index (Phi) is 4.32. The van der Waals surface area contributed by atoms with E-state index in [0.717, 1.165) is 48.6 Å². The van der Waals surface area contributed by atoms with Gasteiger partial charge in [0.25, 0.3) is 5.56 Å². The van der Waals surface area contributed by atoms with E-state index in [1.807, 2.05) is 41.6 Å². The number of aryl methyl sites for hydroxylation is 2. The number of anilines is 1. The molecule has 1 N–H and O–H groups in total. The van der Waals surface area contributed by atoms with Gasteiger partial charge in [0.15, 0.2) is 0 Å². The van der Waals surface area contributed by atoms with Crippen LogP contribution in [0.15, 0.2) is 35.4 Å². The molecule has 0 saturated carbocycles. The van der Waals surface area contributed by atoms with E-state index in [4.69, 9.17) is 0 Å². The number of piperazine rings is 1. The first-order chi connectivity index (χ1) is 14.4. The number of hydrogen-bond donors (Lipinski definition) is 1. The van der Waals surface area contributed by atoms with E-state index in [1.165, 1.54) is 6.07 Å². The van der Waals surface area contributed by atoms with Crippen LogP contribution in [0.2, 0.25) is 0 Å². The first-order valence-electron chi connectivity index (χ1n) is 10.0. The summed E-state index contributed by atoms with van der Waals surface area (Å²) in [6.45, 7) is 7.08. The number of likely N-dealkylation sites (N-methyl/N-ethyl adjacent to an activating group) is 1. The lowest BCUT2D eigenvalue weighted by Crippen LogP contribution is -2.44. The highest BCUT2D eigenvalue weighted by atomic mass is 19.1. The maximum absolute atomic E-state index is 14.9. The third-order valence-electron chi connectivity index (χ3n) is 5.75. The SMILES string of the molecule is Cc1cn2cc(-c3nc4cc(F)c(N5CCN(C)CC5)cc4c(=O)[nH]3)cc(C)c2n1. The number of hydrogen-bond acceptors (Lipinski definition) is 5. The quantitative estimate of drug-likeness (QED) is 0.554. The fourth-order valence-electron chi connectivity index (χ4n) is 4.10. The van der Waals surface area contributed by atoms with Crippen LogP contribution < -0.4 is 10.5 Å². The van der Waals surface area contributed by atoms with Gasteiger partial charge >= 0.3 is 0 Å². The molecule has 7 nitrogen and oxygen atoms in total. The molecule has 8 heteroatoms. The Balaban J connectivity index is 1.61. The van der Waals surface area contributed by atoms with Crippen LogP contribution in [0.3, 0.4) is 0 Å². The highest BCUT2D eigenvalue weighted by Crippen LogP contribution is 2.26. The highest BCUT2D eigenvalue weighted by Gasteiger charge is 2.19. The van der Waals surface area contributed by atoms with Gasteiger partial charge in [0, 0.05) is 50.2 Å². The van der Waals surface area contributed by atoms with Crippen molar-refractivity contribution in [3.05, 3.63) is 58.0 Å². The fourth-order valence-corrected chi connectivity index (χ4v) is 4.10. The molecule has 5 rings (SSSR count). The third kappa shape index (κ3) is 3.13. The van der Waals surface area contributed by atoms with Crippen molar-refractivity contribution >= 4 is 22.2 Å². The van der Waals surface area contributed by atoms with Gasteiger partial charge in [-0.15, -0.1) is 0 Å². The minimum absolute atomic E-state index is 0.273. The van der Waals surface area contributed by atoms with Crippen LogP contribution in [0.1, 0.15) is 11.3 Å². The molecule has 0 radical (unpaired) electrons. The number of nitrogens with one attached hydrogen (secondary N) is 1. The topological polar surface area (TPSA) is 69.5 Å². The number of imidazole rings is 1. The van der Waals surface area contributed by atoms with E-state index in [1.54, 1.807) is 6.07 Å². The number of benzene rings is 1. The summed E-state index contributed by atoms with van der Waals surface area (Å²) in [5.74, 6) is 0.0589. The Labute approximate surface area is 172 Å². The lowest BCUT2D eigenvalue weighted by atomic mass is 10.1. The molecule has 1 aliphatic rings. The van der Waals surface area contributed by atoms with Gasteiger partial charge in [0.2, 0.25) is 0 Å². The summed E-state index contributed by atoms with van der Waals surface area (Å²) < 4.78 is 16.8. The molecule has 154 valence electrons. The van der Waals surface area contributed by atoms with Crippen LogP contribution in [-0.4, -0.2) is 57.5 Å². The van der Waals surface area contributed by atoms with Crippen molar-refractivity contribution in [2.45, 2.75) is 13.8 Å². The molecular formula is C22H23FN6O. The molecule has 0 amide bonds. The van der Waals surface area contributed by atoms with Crippen LogP contribution in [0, 0.1) is 19.7 Å². The number of aromatic amines is 1. The summed E-state index contributed by atoms with van der Waals surface area (Å²) in [5, 5.41) is 0.394. The number of rotatable bonds is 2. The normalized spacial score (nSPS) is 15.4. The second-order valence-corrected chi connectivity index (χ2v) is 8.05. The van der Waals surface area contributed by atoms with Gasteiger partial charge in [-0.3, -0.25) is 4.79 Å². The van der Waals surface area contributed by atoms with Crippen molar-refractivity contribution in [2.75, 3.05) is 38.1 Å². The zero-order chi connectivity index (χ0) is 21.0. The molecule has 3 aromatic heterocycles. The lowest BCUT2D eigenvalue weighted by Gasteiger charge is -2.34. The standard InChI is InChI=1S/C22H23FN6O/c1-13-8-15(12-29-11-14(2)24-21(13)29)20-25-18-10-17(23)19(9-16(18)22(30)26-20)28-6-4-27(3)5-7-28/h8-12H,4-7H2,1-3H3,(H,25,26,30). The van der Waals surface area contributed by atoms with Gasteiger partial charge in [-0.05, 0) is 38.6 Å². The summed E-state index contributed by atoms with van der Waals surface area (Å²) in [6.07, 6.45) is 3.80. The number of aromatic nitrogens is 4.